The molecule has 1 saturated heterocycles. The summed E-state index contributed by atoms with van der Waals surface area (Å²) in [4.78, 5) is 38.6. The highest BCUT2D eigenvalue weighted by Crippen LogP contribution is 2.52. The molecule has 0 aromatic rings. The molecule has 28 heavy (non-hydrogen) atoms. The summed E-state index contributed by atoms with van der Waals surface area (Å²) in [5, 5.41) is 0. The average molecular weight is 387 g/mol. The lowest BCUT2D eigenvalue weighted by molar-refractivity contribution is -0.152. The maximum atomic E-state index is 13.1. The summed E-state index contributed by atoms with van der Waals surface area (Å²) in [7, 11) is 0. The topological polar surface area (TPSA) is 82.1 Å². The van der Waals surface area contributed by atoms with Crippen molar-refractivity contribution in [1.29, 1.82) is 0 Å². The molecule has 0 bridgehead atoms. The first-order valence-corrected chi connectivity index (χ1v) is 9.67. The molecule has 0 spiro atoms. The van der Waals surface area contributed by atoms with Crippen molar-refractivity contribution >= 4 is 18.0 Å². The van der Waals surface area contributed by atoms with Gasteiger partial charge in [-0.15, -0.1) is 0 Å². The predicted octanol–water partition coefficient (Wildman–Crippen LogP) is 3.22. The molecule has 0 N–H and O–H groups in total. The number of carbonyl (C=O) groups is 3. The molecule has 0 aromatic carbocycles. The first kappa shape index (κ1) is 18.8. The third-order valence-corrected chi connectivity index (χ3v) is 5.62. The van der Waals surface area contributed by atoms with E-state index in [1.54, 1.807) is 33.8 Å². The van der Waals surface area contributed by atoms with Crippen molar-refractivity contribution in [1.82, 2.24) is 4.90 Å². The van der Waals surface area contributed by atoms with E-state index in [4.69, 9.17) is 14.2 Å². The molecule has 0 unspecified atom stereocenters. The van der Waals surface area contributed by atoms with Crippen molar-refractivity contribution in [3.63, 3.8) is 0 Å². The lowest BCUT2D eigenvalue weighted by atomic mass is 9.96. The number of ether oxygens (including phenoxy) is 3. The van der Waals surface area contributed by atoms with E-state index in [1.165, 1.54) is 11.2 Å². The zero-order valence-corrected chi connectivity index (χ0v) is 16.6. The van der Waals surface area contributed by atoms with Crippen LogP contribution in [0.3, 0.4) is 0 Å². The molecule has 150 valence electrons. The van der Waals surface area contributed by atoms with Crippen LogP contribution in [0.5, 0.6) is 0 Å². The van der Waals surface area contributed by atoms with Gasteiger partial charge in [0.05, 0.1) is 17.9 Å². The number of cyclic esters (lactones) is 1. The van der Waals surface area contributed by atoms with Gasteiger partial charge in [0, 0.05) is 17.6 Å². The van der Waals surface area contributed by atoms with E-state index < -0.39 is 29.9 Å². The summed E-state index contributed by atoms with van der Waals surface area (Å²) in [5.74, 6) is -0.586. The Bertz CT molecular complexity index is 830. The van der Waals surface area contributed by atoms with E-state index >= 15 is 0 Å². The molecule has 2 aliphatic carbocycles. The predicted molar refractivity (Wildman–Crippen MR) is 98.6 cm³/mol. The van der Waals surface area contributed by atoms with E-state index in [0.717, 1.165) is 24.8 Å². The van der Waals surface area contributed by atoms with Crippen LogP contribution in [0.4, 0.5) is 4.79 Å². The minimum atomic E-state index is -0.845. The van der Waals surface area contributed by atoms with Crippen LogP contribution in [0, 0.1) is 11.8 Å². The van der Waals surface area contributed by atoms with E-state index in [2.05, 4.69) is 6.08 Å². The highest BCUT2D eigenvalue weighted by molar-refractivity contribution is 6.06. The smallest absolute Gasteiger partial charge is 0.417 e. The first-order valence-electron chi connectivity index (χ1n) is 9.67. The number of allylic oxidation sites excluding steroid dienone is 1. The summed E-state index contributed by atoms with van der Waals surface area (Å²) in [5.41, 5.74) is 1.35. The molecule has 2 aliphatic heterocycles. The Morgan fingerprint density at radius 2 is 2.07 bits per heavy atom. The second kappa shape index (κ2) is 6.50. The van der Waals surface area contributed by atoms with Gasteiger partial charge >= 0.3 is 12.1 Å². The van der Waals surface area contributed by atoms with Gasteiger partial charge in [0.2, 0.25) is 0 Å². The Labute approximate surface area is 164 Å². The summed E-state index contributed by atoms with van der Waals surface area (Å²) < 4.78 is 16.1. The lowest BCUT2D eigenvalue weighted by Crippen LogP contribution is -2.43. The molecule has 2 fully saturated rings. The number of fused-ring (bicyclic) bond motifs is 3. The summed E-state index contributed by atoms with van der Waals surface area (Å²) in [6.45, 7) is 6.97. The van der Waals surface area contributed by atoms with Gasteiger partial charge in [-0.2, -0.15) is 0 Å². The Balaban J connectivity index is 1.61. The number of nitrogens with zero attached hydrogens (tertiary/aromatic N) is 1. The largest absolute Gasteiger partial charge is 0.458 e. The number of esters is 1. The standard InChI is InChI=1S/C21H25NO6/c1-11-8-16(27-19(11)24)26-10-15-14-9-12-6-5-7-13(12)17(14)22(18(15)23)20(25)28-21(2,3)4/h7-8,10,12,14,16-17H,5-6,9H2,1-4H3/t12-,14+,16-,17+/m0/s1. The van der Waals surface area contributed by atoms with Crippen molar-refractivity contribution in [3.8, 4) is 0 Å². The van der Waals surface area contributed by atoms with Gasteiger partial charge in [0.1, 0.15) is 5.60 Å². The number of imide groups is 1. The van der Waals surface area contributed by atoms with Gasteiger partial charge < -0.3 is 14.2 Å². The molecule has 2 heterocycles. The van der Waals surface area contributed by atoms with Crippen molar-refractivity contribution in [2.45, 2.75) is 64.9 Å². The molecular formula is C21H25NO6. The minimum absolute atomic E-state index is 0.126. The molecule has 0 aromatic heterocycles. The van der Waals surface area contributed by atoms with Crippen molar-refractivity contribution in [2.24, 2.45) is 11.8 Å². The molecule has 0 radical (unpaired) electrons. The molecule has 4 rings (SSSR count). The molecular weight excluding hydrogens is 362 g/mol. The second-order valence-corrected chi connectivity index (χ2v) is 8.75. The molecule has 2 amide bonds. The SMILES string of the molecule is CC1=C[C@@H](OC=C2C(=O)N(C(=O)OC(C)(C)C)[C@@H]3C4=CCC[C@H]4C[C@H]23)OC1=O. The Morgan fingerprint density at radius 3 is 2.71 bits per heavy atom. The van der Waals surface area contributed by atoms with Crippen LogP contribution in [0.1, 0.15) is 47.0 Å². The number of hydrogen-bond acceptors (Lipinski definition) is 6. The maximum absolute atomic E-state index is 13.1. The van der Waals surface area contributed by atoms with Crippen LogP contribution in [0.25, 0.3) is 0 Å². The average Bonchev–Trinajstić information content (AvgIpc) is 3.28. The van der Waals surface area contributed by atoms with Crippen LogP contribution >= 0.6 is 0 Å². The van der Waals surface area contributed by atoms with Gasteiger partial charge in [-0.05, 0) is 58.4 Å². The van der Waals surface area contributed by atoms with Gasteiger partial charge in [-0.25, -0.2) is 14.5 Å². The van der Waals surface area contributed by atoms with Crippen LogP contribution in [-0.4, -0.2) is 40.8 Å². The van der Waals surface area contributed by atoms with Gasteiger partial charge in [-0.1, -0.05) is 6.08 Å². The summed E-state index contributed by atoms with van der Waals surface area (Å²) >= 11 is 0. The van der Waals surface area contributed by atoms with Crippen LogP contribution in [-0.2, 0) is 23.8 Å². The van der Waals surface area contributed by atoms with Crippen molar-refractivity contribution < 1.29 is 28.6 Å². The maximum Gasteiger partial charge on any atom is 0.417 e. The lowest BCUT2D eigenvalue weighted by Gasteiger charge is -2.27. The number of amides is 2. The van der Waals surface area contributed by atoms with E-state index in [9.17, 15) is 14.4 Å². The van der Waals surface area contributed by atoms with Gasteiger partial charge in [0.15, 0.2) is 0 Å². The van der Waals surface area contributed by atoms with Crippen LogP contribution in [0.2, 0.25) is 0 Å². The Morgan fingerprint density at radius 1 is 1.32 bits per heavy atom. The fraction of sp³-hybridized carbons (Fsp3) is 0.571. The Hall–Kier alpha value is -2.57. The second-order valence-electron chi connectivity index (χ2n) is 8.75. The number of carbonyl (C=O) groups excluding carboxylic acids is 3. The minimum Gasteiger partial charge on any atom is -0.458 e. The Kier molecular flexibility index (Phi) is 4.36. The van der Waals surface area contributed by atoms with Crippen LogP contribution < -0.4 is 0 Å². The molecule has 4 aliphatic rings. The fourth-order valence-electron chi connectivity index (χ4n) is 4.48. The third kappa shape index (κ3) is 3.12. The summed E-state index contributed by atoms with van der Waals surface area (Å²) in [6, 6.07) is -0.312. The van der Waals surface area contributed by atoms with E-state index in [0.29, 0.717) is 17.1 Å². The van der Waals surface area contributed by atoms with Gasteiger partial charge in [-0.3, -0.25) is 4.79 Å². The normalized spacial score (nSPS) is 32.9. The quantitative estimate of drug-likeness (QED) is 0.313. The van der Waals surface area contributed by atoms with Crippen molar-refractivity contribution in [3.05, 3.63) is 35.1 Å². The molecule has 1 saturated carbocycles. The number of hydrogen-bond donors (Lipinski definition) is 0. The van der Waals surface area contributed by atoms with Crippen molar-refractivity contribution in [2.75, 3.05) is 0 Å². The third-order valence-electron chi connectivity index (χ3n) is 5.62. The summed E-state index contributed by atoms with van der Waals surface area (Å²) in [6.07, 6.45) is 6.40. The van der Waals surface area contributed by atoms with Gasteiger partial charge in [0.25, 0.3) is 12.2 Å². The zero-order chi connectivity index (χ0) is 20.2. The fourth-order valence-corrected chi connectivity index (χ4v) is 4.48. The van der Waals surface area contributed by atoms with E-state index in [1.807, 2.05) is 0 Å². The highest BCUT2D eigenvalue weighted by atomic mass is 16.7. The molecule has 4 atom stereocenters. The first-order chi connectivity index (χ1) is 13.2. The number of likely N-dealkylation sites (tertiary alicyclic amines) is 1. The van der Waals surface area contributed by atoms with E-state index in [-0.39, 0.29) is 12.0 Å². The number of rotatable bonds is 2. The molecule has 7 nitrogen and oxygen atoms in total. The highest BCUT2D eigenvalue weighted by Gasteiger charge is 2.56. The molecule has 7 heteroatoms. The van der Waals surface area contributed by atoms with Crippen LogP contribution in [0.15, 0.2) is 35.1 Å². The zero-order valence-electron chi connectivity index (χ0n) is 16.6. The monoisotopic (exact) mass is 387 g/mol.